The summed E-state index contributed by atoms with van der Waals surface area (Å²) in [7, 11) is 0. The third-order valence-corrected chi connectivity index (χ3v) is 4.46. The molecule has 4 N–H and O–H groups in total. The molecule has 1 aliphatic rings. The number of carbonyl (C=O) groups is 3. The van der Waals surface area contributed by atoms with Crippen molar-refractivity contribution in [3.05, 3.63) is 42.3 Å². The fourth-order valence-electron chi connectivity index (χ4n) is 2.87. The van der Waals surface area contributed by atoms with Gasteiger partial charge in [-0.25, -0.2) is 14.2 Å². The molecule has 1 aromatic carbocycles. The predicted molar refractivity (Wildman–Crippen MR) is 108 cm³/mol. The van der Waals surface area contributed by atoms with Crippen molar-refractivity contribution in [3.63, 3.8) is 0 Å². The van der Waals surface area contributed by atoms with Crippen molar-refractivity contribution in [1.29, 1.82) is 0 Å². The number of halogens is 1. The molecule has 0 aliphatic carbocycles. The first kappa shape index (κ1) is 21.2. The highest BCUT2D eigenvalue weighted by Crippen LogP contribution is 2.29. The van der Waals surface area contributed by atoms with Gasteiger partial charge in [-0.2, -0.15) is 0 Å². The van der Waals surface area contributed by atoms with Crippen LogP contribution in [-0.2, 0) is 14.3 Å². The zero-order valence-corrected chi connectivity index (χ0v) is 16.5. The molecule has 2 heterocycles. The van der Waals surface area contributed by atoms with Gasteiger partial charge in [0.25, 0.3) is 0 Å². The fraction of sp³-hybridized carbons (Fsp3) is 0.300. The lowest BCUT2D eigenvalue weighted by Gasteiger charge is -2.14. The molecule has 3 amide bonds. The Balaban J connectivity index is 1.72. The van der Waals surface area contributed by atoms with Gasteiger partial charge in [0.05, 0.1) is 24.8 Å². The number of benzene rings is 1. The van der Waals surface area contributed by atoms with E-state index in [1.807, 2.05) is 0 Å². The lowest BCUT2D eigenvalue weighted by Crippen LogP contribution is -2.33. The van der Waals surface area contributed by atoms with Gasteiger partial charge >= 0.3 is 6.09 Å². The highest BCUT2D eigenvalue weighted by atomic mass is 19.1. The van der Waals surface area contributed by atoms with Crippen molar-refractivity contribution in [3.8, 4) is 11.1 Å². The van der Waals surface area contributed by atoms with Crippen LogP contribution in [0.2, 0.25) is 0 Å². The van der Waals surface area contributed by atoms with Crippen LogP contribution in [0.15, 0.2) is 36.5 Å². The topological polar surface area (TPSA) is 127 Å². The second-order valence-electron chi connectivity index (χ2n) is 6.93. The number of hydrogen-bond acceptors (Lipinski definition) is 6. The Morgan fingerprint density at radius 1 is 1.37 bits per heavy atom. The smallest absolute Gasteiger partial charge is 0.414 e. The largest absolute Gasteiger partial charge is 0.442 e. The van der Waals surface area contributed by atoms with Gasteiger partial charge in [-0.15, -0.1) is 0 Å². The molecule has 0 unspecified atom stereocenters. The number of aromatic nitrogens is 1. The first-order chi connectivity index (χ1) is 14.2. The van der Waals surface area contributed by atoms with Gasteiger partial charge in [0.15, 0.2) is 0 Å². The van der Waals surface area contributed by atoms with Crippen LogP contribution in [-0.4, -0.2) is 48.1 Å². The van der Waals surface area contributed by atoms with Gasteiger partial charge < -0.3 is 21.1 Å². The minimum atomic E-state index is -0.674. The minimum Gasteiger partial charge on any atom is -0.442 e. The molecule has 0 saturated carbocycles. The summed E-state index contributed by atoms with van der Waals surface area (Å²) in [5, 5.41) is 5.14. The highest BCUT2D eigenvalue weighted by molar-refractivity contribution is 5.93. The SMILES string of the molecule is CC(=O)NC[C@H]1CN(c2ccc(-c3ccc(NC(=O)[C@H](C)N)nc3)c(F)c2)C(=O)O1. The van der Waals surface area contributed by atoms with Crippen molar-refractivity contribution in [2.75, 3.05) is 23.3 Å². The summed E-state index contributed by atoms with van der Waals surface area (Å²) in [5.74, 6) is -0.834. The maximum Gasteiger partial charge on any atom is 0.414 e. The van der Waals surface area contributed by atoms with Crippen LogP contribution in [0.1, 0.15) is 13.8 Å². The van der Waals surface area contributed by atoms with E-state index in [1.54, 1.807) is 25.1 Å². The quantitative estimate of drug-likeness (QED) is 0.658. The van der Waals surface area contributed by atoms with Gasteiger partial charge in [-0.3, -0.25) is 14.5 Å². The molecular formula is C20H22FN5O4. The van der Waals surface area contributed by atoms with Crippen molar-refractivity contribution < 1.29 is 23.5 Å². The number of pyridine rings is 1. The van der Waals surface area contributed by atoms with E-state index in [4.69, 9.17) is 10.5 Å². The number of amides is 3. The summed E-state index contributed by atoms with van der Waals surface area (Å²) >= 11 is 0. The fourth-order valence-corrected chi connectivity index (χ4v) is 2.87. The van der Waals surface area contributed by atoms with Crippen LogP contribution in [0.5, 0.6) is 0 Å². The minimum absolute atomic E-state index is 0.190. The third-order valence-electron chi connectivity index (χ3n) is 4.46. The number of hydrogen-bond donors (Lipinski definition) is 3. The normalized spacial score (nSPS) is 16.7. The summed E-state index contributed by atoms with van der Waals surface area (Å²) in [6, 6.07) is 6.88. The molecule has 1 aromatic heterocycles. The van der Waals surface area contributed by atoms with E-state index < -0.39 is 24.1 Å². The van der Waals surface area contributed by atoms with E-state index in [1.165, 1.54) is 30.2 Å². The number of ether oxygens (including phenoxy) is 1. The summed E-state index contributed by atoms with van der Waals surface area (Å²) in [4.78, 5) is 40.1. The molecule has 0 radical (unpaired) electrons. The van der Waals surface area contributed by atoms with E-state index in [-0.39, 0.29) is 24.9 Å². The average molecular weight is 415 g/mol. The van der Waals surface area contributed by atoms with E-state index in [0.29, 0.717) is 22.6 Å². The second kappa shape index (κ2) is 8.87. The summed E-state index contributed by atoms with van der Waals surface area (Å²) < 4.78 is 19.9. The standard InChI is InChI=1S/C20H22FN5O4/c1-11(22)19(28)25-18-6-3-13(8-24-18)16-5-4-14(7-17(16)21)26-10-15(30-20(26)29)9-23-12(2)27/h3-8,11,15H,9-10,22H2,1-2H3,(H,23,27)(H,24,25,28)/t11-,15-/m0/s1. The maximum atomic E-state index is 14.7. The Hall–Kier alpha value is -3.53. The summed E-state index contributed by atoms with van der Waals surface area (Å²) in [6.45, 7) is 3.32. The number of carbonyl (C=O) groups excluding carboxylic acids is 3. The summed E-state index contributed by atoms with van der Waals surface area (Å²) in [5.41, 5.74) is 6.64. The Bertz CT molecular complexity index is 964. The van der Waals surface area contributed by atoms with Crippen LogP contribution >= 0.6 is 0 Å². The Morgan fingerprint density at radius 3 is 2.73 bits per heavy atom. The number of nitrogens with zero attached hydrogens (tertiary/aromatic N) is 2. The number of cyclic esters (lactones) is 1. The maximum absolute atomic E-state index is 14.7. The molecule has 1 aliphatic heterocycles. The first-order valence-electron chi connectivity index (χ1n) is 9.29. The van der Waals surface area contributed by atoms with E-state index in [2.05, 4.69) is 15.6 Å². The van der Waals surface area contributed by atoms with Gasteiger partial charge in [-0.05, 0) is 37.3 Å². The molecule has 2 atom stereocenters. The van der Waals surface area contributed by atoms with Crippen LogP contribution < -0.4 is 21.3 Å². The molecule has 158 valence electrons. The lowest BCUT2D eigenvalue weighted by molar-refractivity contribution is -0.119. The molecule has 2 aromatic rings. The van der Waals surface area contributed by atoms with Crippen LogP contribution in [0.25, 0.3) is 11.1 Å². The number of nitrogens with two attached hydrogens (primary N) is 1. The van der Waals surface area contributed by atoms with Crippen LogP contribution in [0.3, 0.4) is 0 Å². The zero-order valence-electron chi connectivity index (χ0n) is 16.5. The molecule has 9 nitrogen and oxygen atoms in total. The molecule has 0 spiro atoms. The Morgan fingerprint density at radius 2 is 2.13 bits per heavy atom. The van der Waals surface area contributed by atoms with Crippen molar-refractivity contribution >= 4 is 29.4 Å². The number of nitrogens with one attached hydrogen (secondary N) is 2. The molecule has 1 fully saturated rings. The predicted octanol–water partition coefficient (Wildman–Crippen LogP) is 1.63. The van der Waals surface area contributed by atoms with Crippen molar-refractivity contribution in [1.82, 2.24) is 10.3 Å². The Kier molecular flexibility index (Phi) is 6.26. The van der Waals surface area contributed by atoms with Gasteiger partial charge in [-0.1, -0.05) is 0 Å². The molecule has 1 saturated heterocycles. The van der Waals surface area contributed by atoms with Gasteiger partial charge in [0.1, 0.15) is 17.7 Å². The molecule has 3 rings (SSSR count). The van der Waals surface area contributed by atoms with Gasteiger partial charge in [0.2, 0.25) is 11.8 Å². The zero-order chi connectivity index (χ0) is 21.8. The van der Waals surface area contributed by atoms with Crippen LogP contribution in [0, 0.1) is 5.82 Å². The monoisotopic (exact) mass is 415 g/mol. The molecule has 30 heavy (non-hydrogen) atoms. The number of rotatable bonds is 6. The molecule has 0 bridgehead atoms. The third kappa shape index (κ3) is 4.90. The molecular weight excluding hydrogens is 393 g/mol. The first-order valence-corrected chi connectivity index (χ1v) is 9.29. The van der Waals surface area contributed by atoms with Crippen LogP contribution in [0.4, 0.5) is 20.7 Å². The van der Waals surface area contributed by atoms with E-state index >= 15 is 0 Å². The van der Waals surface area contributed by atoms with E-state index in [9.17, 15) is 18.8 Å². The highest BCUT2D eigenvalue weighted by Gasteiger charge is 2.32. The summed E-state index contributed by atoms with van der Waals surface area (Å²) in [6.07, 6.45) is 0.323. The van der Waals surface area contributed by atoms with Crippen molar-refractivity contribution in [2.45, 2.75) is 26.0 Å². The van der Waals surface area contributed by atoms with E-state index in [0.717, 1.165) is 0 Å². The van der Waals surface area contributed by atoms with Gasteiger partial charge in [0, 0.05) is 24.2 Å². The number of anilines is 2. The second-order valence-corrected chi connectivity index (χ2v) is 6.93. The molecule has 10 heteroatoms. The Labute approximate surface area is 172 Å². The van der Waals surface area contributed by atoms with Crippen molar-refractivity contribution in [2.24, 2.45) is 5.73 Å². The lowest BCUT2D eigenvalue weighted by atomic mass is 10.1. The average Bonchev–Trinajstić information content (AvgIpc) is 3.07.